The van der Waals surface area contributed by atoms with Gasteiger partial charge < -0.3 is 15.1 Å². The third-order valence-electron chi connectivity index (χ3n) is 5.38. The molecule has 1 aromatic rings. The van der Waals surface area contributed by atoms with Crippen LogP contribution in [0.2, 0.25) is 5.02 Å². The summed E-state index contributed by atoms with van der Waals surface area (Å²) in [4.78, 5) is 16.1. The zero-order valence-corrected chi connectivity index (χ0v) is 14.7. The van der Waals surface area contributed by atoms with Gasteiger partial charge in [0.1, 0.15) is 0 Å². The molecule has 2 N–H and O–H groups in total. The van der Waals surface area contributed by atoms with Crippen LogP contribution in [0.4, 0.5) is 10.5 Å². The molecule has 0 radical (unpaired) electrons. The van der Waals surface area contributed by atoms with Gasteiger partial charge in [-0.2, -0.15) is 0 Å². The van der Waals surface area contributed by atoms with Crippen LogP contribution in [-0.4, -0.2) is 43.2 Å². The Balaban J connectivity index is 1.53. The molecule has 23 heavy (non-hydrogen) atoms. The molecule has 4 nitrogen and oxygen atoms in total. The predicted molar refractivity (Wildman–Crippen MR) is 94.4 cm³/mol. The lowest BCUT2D eigenvalue weighted by molar-refractivity contribution is -0.930. The maximum absolute atomic E-state index is 12.5. The molecular formula is C18H27ClN3O+. The summed E-state index contributed by atoms with van der Waals surface area (Å²) in [6, 6.07) is 6.44. The van der Waals surface area contributed by atoms with E-state index in [0.29, 0.717) is 5.02 Å². The number of carbonyl (C=O) groups excluding carboxylic acids is 1. The highest BCUT2D eigenvalue weighted by atomic mass is 35.5. The minimum atomic E-state index is -0.00180. The highest BCUT2D eigenvalue weighted by Crippen LogP contribution is 2.23. The van der Waals surface area contributed by atoms with E-state index in [-0.39, 0.29) is 6.03 Å². The van der Waals surface area contributed by atoms with Crippen LogP contribution in [-0.2, 0) is 0 Å². The molecule has 1 aliphatic heterocycles. The second-order valence-electron chi connectivity index (χ2n) is 6.82. The summed E-state index contributed by atoms with van der Waals surface area (Å²) in [5, 5.41) is 3.70. The molecule has 2 amide bonds. The first-order valence-corrected chi connectivity index (χ1v) is 9.18. The maximum atomic E-state index is 12.5. The van der Waals surface area contributed by atoms with Crippen LogP contribution in [0.15, 0.2) is 18.2 Å². The van der Waals surface area contributed by atoms with Gasteiger partial charge in [-0.25, -0.2) is 4.79 Å². The predicted octanol–water partition coefficient (Wildman–Crippen LogP) is 2.71. The molecule has 1 saturated carbocycles. The van der Waals surface area contributed by atoms with E-state index in [9.17, 15) is 4.79 Å². The number of anilines is 1. The Morgan fingerprint density at radius 1 is 1.22 bits per heavy atom. The van der Waals surface area contributed by atoms with Crippen molar-refractivity contribution < 1.29 is 9.69 Å². The van der Waals surface area contributed by atoms with Crippen molar-refractivity contribution in [1.82, 2.24) is 4.90 Å². The van der Waals surface area contributed by atoms with E-state index in [1.54, 1.807) is 4.90 Å². The molecule has 0 bridgehead atoms. The Bertz CT molecular complexity index is 549. The average Bonchev–Trinajstić information content (AvgIpc) is 2.60. The molecule has 0 unspecified atom stereocenters. The Morgan fingerprint density at radius 3 is 2.61 bits per heavy atom. The molecule has 1 aliphatic carbocycles. The first kappa shape index (κ1) is 16.6. The highest BCUT2D eigenvalue weighted by Gasteiger charge is 2.30. The van der Waals surface area contributed by atoms with Gasteiger partial charge in [0.2, 0.25) is 0 Å². The van der Waals surface area contributed by atoms with Crippen molar-refractivity contribution in [2.75, 3.05) is 31.5 Å². The van der Waals surface area contributed by atoms with Crippen LogP contribution in [0.3, 0.4) is 0 Å². The van der Waals surface area contributed by atoms with Crippen molar-refractivity contribution in [2.24, 2.45) is 0 Å². The fraction of sp³-hybridized carbons (Fsp3) is 0.611. The number of piperazine rings is 1. The van der Waals surface area contributed by atoms with Crippen molar-refractivity contribution >= 4 is 23.3 Å². The van der Waals surface area contributed by atoms with Gasteiger partial charge in [0.25, 0.3) is 0 Å². The number of quaternary nitrogens is 1. The topological polar surface area (TPSA) is 36.8 Å². The number of amides is 2. The van der Waals surface area contributed by atoms with E-state index in [1.165, 1.54) is 32.1 Å². The molecule has 2 aliphatic rings. The Morgan fingerprint density at radius 2 is 1.91 bits per heavy atom. The van der Waals surface area contributed by atoms with Crippen LogP contribution in [0.1, 0.15) is 37.7 Å². The number of hydrogen-bond donors (Lipinski definition) is 2. The van der Waals surface area contributed by atoms with Crippen LogP contribution < -0.4 is 10.2 Å². The van der Waals surface area contributed by atoms with Gasteiger partial charge in [-0.1, -0.05) is 24.1 Å². The van der Waals surface area contributed by atoms with Crippen LogP contribution in [0.25, 0.3) is 0 Å². The van der Waals surface area contributed by atoms with Crippen molar-refractivity contribution in [3.8, 4) is 0 Å². The average molecular weight is 337 g/mol. The molecule has 0 atom stereocenters. The molecule has 1 aromatic carbocycles. The molecule has 0 aromatic heterocycles. The zero-order valence-electron chi connectivity index (χ0n) is 13.9. The van der Waals surface area contributed by atoms with Crippen molar-refractivity contribution in [3.63, 3.8) is 0 Å². The summed E-state index contributed by atoms with van der Waals surface area (Å²) in [6.07, 6.45) is 6.89. The number of rotatable bonds is 2. The van der Waals surface area contributed by atoms with E-state index in [2.05, 4.69) is 5.32 Å². The minimum Gasteiger partial charge on any atom is -0.330 e. The fourth-order valence-corrected chi connectivity index (χ4v) is 4.03. The monoisotopic (exact) mass is 336 g/mol. The first-order valence-electron chi connectivity index (χ1n) is 8.81. The molecule has 0 spiro atoms. The number of halogens is 1. The van der Waals surface area contributed by atoms with Crippen LogP contribution >= 0.6 is 11.6 Å². The first-order chi connectivity index (χ1) is 11.1. The largest absolute Gasteiger partial charge is 0.330 e. The van der Waals surface area contributed by atoms with Crippen LogP contribution in [0.5, 0.6) is 0 Å². The second-order valence-corrected chi connectivity index (χ2v) is 7.23. The summed E-state index contributed by atoms with van der Waals surface area (Å²) in [7, 11) is 0. The number of benzene rings is 1. The standard InChI is InChI=1S/C18H26ClN3O/c1-14-16(19)8-5-9-17(14)20-18(23)22-12-10-21(11-13-22)15-6-3-2-4-7-15/h5,8-9,15H,2-4,6-7,10-13H2,1H3,(H,20,23)/p+1. The number of carbonyl (C=O) groups is 1. The van der Waals surface area contributed by atoms with E-state index < -0.39 is 0 Å². The molecule has 126 valence electrons. The lowest BCUT2D eigenvalue weighted by Crippen LogP contribution is -3.18. The van der Waals surface area contributed by atoms with Crippen molar-refractivity contribution in [2.45, 2.75) is 45.1 Å². The van der Waals surface area contributed by atoms with Crippen molar-refractivity contribution in [1.29, 1.82) is 0 Å². The summed E-state index contributed by atoms with van der Waals surface area (Å²) in [5.74, 6) is 0. The normalized spacial score (nSPS) is 20.5. The lowest BCUT2D eigenvalue weighted by atomic mass is 9.94. The number of urea groups is 1. The molecular weight excluding hydrogens is 310 g/mol. The van der Waals surface area contributed by atoms with Gasteiger partial charge in [0.15, 0.2) is 0 Å². The fourth-order valence-electron chi connectivity index (χ4n) is 3.85. The molecule has 2 fully saturated rings. The van der Waals surface area contributed by atoms with Gasteiger partial charge >= 0.3 is 6.03 Å². The number of nitrogens with one attached hydrogen (secondary N) is 2. The van der Waals surface area contributed by atoms with Gasteiger partial charge in [-0.3, -0.25) is 0 Å². The molecule has 3 rings (SSSR count). The van der Waals surface area contributed by atoms with E-state index in [0.717, 1.165) is 43.5 Å². The van der Waals surface area contributed by atoms with E-state index in [4.69, 9.17) is 11.6 Å². The third-order valence-corrected chi connectivity index (χ3v) is 5.79. The lowest BCUT2D eigenvalue weighted by Gasteiger charge is -2.38. The highest BCUT2D eigenvalue weighted by molar-refractivity contribution is 6.31. The Hall–Kier alpha value is -1.26. The Kier molecular flexibility index (Phi) is 5.44. The Labute approximate surface area is 143 Å². The third kappa shape index (κ3) is 3.99. The van der Waals surface area contributed by atoms with E-state index in [1.807, 2.05) is 30.0 Å². The number of nitrogens with zero attached hydrogens (tertiary/aromatic N) is 1. The quantitative estimate of drug-likeness (QED) is 0.856. The van der Waals surface area contributed by atoms with Gasteiger partial charge in [0.05, 0.1) is 32.2 Å². The molecule has 1 saturated heterocycles. The second kappa shape index (κ2) is 7.54. The summed E-state index contributed by atoms with van der Waals surface area (Å²) >= 11 is 6.12. The smallest absolute Gasteiger partial charge is 0.322 e. The summed E-state index contributed by atoms with van der Waals surface area (Å²) in [5.41, 5.74) is 1.73. The van der Waals surface area contributed by atoms with E-state index >= 15 is 0 Å². The SMILES string of the molecule is Cc1c(Cl)cccc1NC(=O)N1CC[NH+](C2CCCCC2)CC1. The van der Waals surface area contributed by atoms with Crippen LogP contribution in [0, 0.1) is 6.92 Å². The van der Waals surface area contributed by atoms with Crippen molar-refractivity contribution in [3.05, 3.63) is 28.8 Å². The maximum Gasteiger partial charge on any atom is 0.322 e. The molecule has 1 heterocycles. The minimum absolute atomic E-state index is 0.00180. The number of hydrogen-bond acceptors (Lipinski definition) is 1. The molecule has 5 heteroatoms. The summed E-state index contributed by atoms with van der Waals surface area (Å²) < 4.78 is 0. The van der Waals surface area contributed by atoms with Gasteiger partial charge in [0, 0.05) is 10.7 Å². The van der Waals surface area contributed by atoms with Gasteiger partial charge in [-0.05, 0) is 50.3 Å². The summed E-state index contributed by atoms with van der Waals surface area (Å²) in [6.45, 7) is 5.77. The zero-order chi connectivity index (χ0) is 16.2. The van der Waals surface area contributed by atoms with Gasteiger partial charge in [-0.15, -0.1) is 0 Å².